The van der Waals surface area contributed by atoms with E-state index in [1.807, 2.05) is 0 Å². The molecule has 2 aliphatic carbocycles. The fourth-order valence-electron chi connectivity index (χ4n) is 3.84. The van der Waals surface area contributed by atoms with E-state index in [4.69, 9.17) is 0 Å². The van der Waals surface area contributed by atoms with Gasteiger partial charge in [-0.05, 0) is 74.5 Å². The first kappa shape index (κ1) is 16.5. The van der Waals surface area contributed by atoms with Gasteiger partial charge >= 0.3 is 0 Å². The van der Waals surface area contributed by atoms with E-state index in [0.717, 1.165) is 12.0 Å². The van der Waals surface area contributed by atoms with Crippen LogP contribution in [0.15, 0.2) is 22.8 Å². The molecule has 0 amide bonds. The Morgan fingerprint density at radius 2 is 1.76 bits per heavy atom. The lowest BCUT2D eigenvalue weighted by molar-refractivity contribution is -0.125. The van der Waals surface area contributed by atoms with Crippen LogP contribution >= 0.6 is 0 Å². The lowest BCUT2D eigenvalue weighted by Gasteiger charge is -2.34. The van der Waals surface area contributed by atoms with Crippen LogP contribution in [0.2, 0.25) is 0 Å². The molecule has 0 radical (unpaired) electrons. The van der Waals surface area contributed by atoms with Gasteiger partial charge in [-0.1, -0.05) is 39.7 Å². The van der Waals surface area contributed by atoms with Gasteiger partial charge in [0.25, 0.3) is 0 Å². The van der Waals surface area contributed by atoms with Crippen molar-refractivity contribution in [3.05, 3.63) is 22.8 Å². The van der Waals surface area contributed by atoms with Gasteiger partial charge in [0.2, 0.25) is 0 Å². The highest BCUT2D eigenvalue weighted by Gasteiger charge is 2.36. The minimum absolute atomic E-state index is 0.210. The summed E-state index contributed by atoms with van der Waals surface area (Å²) in [7, 11) is 0. The Balaban J connectivity index is 2.35. The van der Waals surface area contributed by atoms with Crippen molar-refractivity contribution in [2.24, 2.45) is 11.3 Å². The van der Waals surface area contributed by atoms with Crippen LogP contribution in [0.3, 0.4) is 0 Å². The normalized spacial score (nSPS) is 28.3. The first-order valence-electron chi connectivity index (χ1n) is 8.88. The fourth-order valence-corrected chi connectivity index (χ4v) is 3.84. The van der Waals surface area contributed by atoms with Crippen LogP contribution in [-0.2, 0) is 4.79 Å². The van der Waals surface area contributed by atoms with E-state index in [1.54, 1.807) is 0 Å². The van der Waals surface area contributed by atoms with E-state index in [1.165, 1.54) is 62.5 Å². The van der Waals surface area contributed by atoms with Crippen molar-refractivity contribution >= 4 is 5.78 Å². The molecule has 0 saturated carbocycles. The second-order valence-corrected chi connectivity index (χ2v) is 7.63. The zero-order chi connectivity index (χ0) is 15.5. The van der Waals surface area contributed by atoms with Crippen molar-refractivity contribution < 1.29 is 4.79 Å². The summed E-state index contributed by atoms with van der Waals surface area (Å²) in [5.74, 6) is 0.862. The summed E-state index contributed by atoms with van der Waals surface area (Å²) in [6.45, 7) is 8.60. The molecule has 0 bridgehead atoms. The minimum atomic E-state index is -0.210. The summed E-state index contributed by atoms with van der Waals surface area (Å²) in [5, 5.41) is 0. The Bertz CT molecular complexity index is 450. The summed E-state index contributed by atoms with van der Waals surface area (Å²) in [5.41, 5.74) is 3.73. The number of hydrogen-bond acceptors (Lipinski definition) is 1. The van der Waals surface area contributed by atoms with E-state index in [0.29, 0.717) is 11.7 Å². The van der Waals surface area contributed by atoms with Gasteiger partial charge in [0.05, 0.1) is 0 Å². The Labute approximate surface area is 130 Å². The number of carbonyl (C=O) groups is 1. The molecular weight excluding hydrogens is 256 g/mol. The lowest BCUT2D eigenvalue weighted by atomic mass is 9.69. The van der Waals surface area contributed by atoms with Gasteiger partial charge in [-0.3, -0.25) is 4.79 Å². The van der Waals surface area contributed by atoms with Crippen molar-refractivity contribution in [1.29, 1.82) is 0 Å². The van der Waals surface area contributed by atoms with Gasteiger partial charge in [0.1, 0.15) is 0 Å². The topological polar surface area (TPSA) is 17.1 Å². The number of hydrogen-bond donors (Lipinski definition) is 0. The number of ketones is 1. The molecule has 1 unspecified atom stereocenters. The van der Waals surface area contributed by atoms with Crippen LogP contribution in [0, 0.1) is 11.3 Å². The van der Waals surface area contributed by atoms with Crippen molar-refractivity contribution in [3.63, 3.8) is 0 Å². The Kier molecular flexibility index (Phi) is 5.46. The predicted molar refractivity (Wildman–Crippen MR) is 90.3 cm³/mol. The first-order chi connectivity index (χ1) is 9.94. The fraction of sp³-hybridized carbons (Fsp3) is 0.750. The number of carbonyl (C=O) groups excluding carboxylic acids is 1. The van der Waals surface area contributed by atoms with Crippen LogP contribution in [0.1, 0.15) is 85.5 Å². The standard InChI is InChI=1S/C20H32O/c1-15-11-10-14-18(16(2)19(21)20(15,3)4)17-12-8-6-5-7-9-13-17/h12,15H,5-11,13-14H2,1-4H3. The highest BCUT2D eigenvalue weighted by atomic mass is 16.1. The smallest absolute Gasteiger partial charge is 0.164 e. The summed E-state index contributed by atoms with van der Waals surface area (Å²) in [4.78, 5) is 13.0. The van der Waals surface area contributed by atoms with E-state index in [9.17, 15) is 4.79 Å². The molecule has 0 saturated heterocycles. The van der Waals surface area contributed by atoms with E-state index >= 15 is 0 Å². The minimum Gasteiger partial charge on any atom is -0.294 e. The van der Waals surface area contributed by atoms with Crippen molar-refractivity contribution in [2.75, 3.05) is 0 Å². The molecule has 1 heteroatoms. The van der Waals surface area contributed by atoms with Crippen LogP contribution in [0.5, 0.6) is 0 Å². The molecule has 0 aliphatic heterocycles. The number of rotatable bonds is 1. The quantitative estimate of drug-likeness (QED) is 0.578. The Morgan fingerprint density at radius 3 is 2.52 bits per heavy atom. The molecule has 2 rings (SSSR count). The zero-order valence-corrected chi connectivity index (χ0v) is 14.4. The monoisotopic (exact) mass is 288 g/mol. The van der Waals surface area contributed by atoms with Gasteiger partial charge in [0, 0.05) is 5.41 Å². The molecule has 0 N–H and O–H groups in total. The van der Waals surface area contributed by atoms with Crippen LogP contribution in [0.4, 0.5) is 0 Å². The molecule has 0 aromatic heterocycles. The van der Waals surface area contributed by atoms with Crippen LogP contribution < -0.4 is 0 Å². The van der Waals surface area contributed by atoms with E-state index < -0.39 is 0 Å². The molecule has 0 spiro atoms. The third kappa shape index (κ3) is 3.67. The largest absolute Gasteiger partial charge is 0.294 e. The van der Waals surface area contributed by atoms with Crippen LogP contribution in [-0.4, -0.2) is 5.78 Å². The average Bonchev–Trinajstić information content (AvgIpc) is 2.41. The summed E-state index contributed by atoms with van der Waals surface area (Å²) < 4.78 is 0. The molecule has 0 aromatic rings. The van der Waals surface area contributed by atoms with E-state index in [-0.39, 0.29) is 5.41 Å². The summed E-state index contributed by atoms with van der Waals surface area (Å²) in [6, 6.07) is 0. The van der Waals surface area contributed by atoms with Crippen molar-refractivity contribution in [1.82, 2.24) is 0 Å². The summed E-state index contributed by atoms with van der Waals surface area (Å²) in [6.07, 6.45) is 13.6. The predicted octanol–water partition coefficient (Wildman–Crippen LogP) is 6.00. The molecule has 0 aromatic carbocycles. The molecule has 0 fully saturated rings. The Morgan fingerprint density at radius 1 is 1.05 bits per heavy atom. The van der Waals surface area contributed by atoms with Gasteiger partial charge in [-0.15, -0.1) is 0 Å². The molecule has 0 heterocycles. The second kappa shape index (κ2) is 6.94. The number of Topliss-reactive ketones (excluding diaryl/α,β-unsaturated/α-hetero) is 1. The molecule has 118 valence electrons. The van der Waals surface area contributed by atoms with Gasteiger partial charge < -0.3 is 0 Å². The number of allylic oxidation sites excluding steroid dienone is 4. The summed E-state index contributed by atoms with van der Waals surface area (Å²) >= 11 is 0. The SMILES string of the molecule is CC1=C(C2=CCCCCCC2)CCCC(C)C(C)(C)C1=O. The molecule has 21 heavy (non-hydrogen) atoms. The van der Waals surface area contributed by atoms with Gasteiger partial charge in [-0.2, -0.15) is 0 Å². The molecule has 1 nitrogen and oxygen atoms in total. The molecule has 1 atom stereocenters. The maximum absolute atomic E-state index is 13.0. The third-order valence-electron chi connectivity index (χ3n) is 5.85. The Hall–Kier alpha value is -0.850. The average molecular weight is 288 g/mol. The second-order valence-electron chi connectivity index (χ2n) is 7.63. The molecule has 2 aliphatic rings. The lowest BCUT2D eigenvalue weighted by Crippen LogP contribution is -2.34. The van der Waals surface area contributed by atoms with Crippen molar-refractivity contribution in [2.45, 2.75) is 85.5 Å². The maximum atomic E-state index is 13.0. The van der Waals surface area contributed by atoms with Crippen LogP contribution in [0.25, 0.3) is 0 Å². The maximum Gasteiger partial charge on any atom is 0.164 e. The van der Waals surface area contributed by atoms with E-state index in [2.05, 4.69) is 33.8 Å². The highest BCUT2D eigenvalue weighted by molar-refractivity contribution is 6.00. The highest BCUT2D eigenvalue weighted by Crippen LogP contribution is 2.40. The molecular formula is C20H32O. The zero-order valence-electron chi connectivity index (χ0n) is 14.4. The van der Waals surface area contributed by atoms with Gasteiger partial charge in [0.15, 0.2) is 5.78 Å². The van der Waals surface area contributed by atoms with Gasteiger partial charge in [-0.25, -0.2) is 0 Å². The first-order valence-corrected chi connectivity index (χ1v) is 8.88. The third-order valence-corrected chi connectivity index (χ3v) is 5.85. The van der Waals surface area contributed by atoms with Crippen molar-refractivity contribution in [3.8, 4) is 0 Å².